The number of rotatable bonds is 6. The zero-order valence-electron chi connectivity index (χ0n) is 14.0. The van der Waals surface area contributed by atoms with Gasteiger partial charge < -0.3 is 4.74 Å². The molecule has 1 aliphatic carbocycles. The maximum absolute atomic E-state index is 11.7. The van der Waals surface area contributed by atoms with E-state index in [0.29, 0.717) is 18.1 Å². The van der Waals surface area contributed by atoms with Gasteiger partial charge in [0.1, 0.15) is 5.75 Å². The minimum absolute atomic E-state index is 0.119. The minimum atomic E-state index is -0.363. The molecule has 0 saturated heterocycles. The summed E-state index contributed by atoms with van der Waals surface area (Å²) in [6, 6.07) is 5.79. The second kappa shape index (κ2) is 8.56. The Labute approximate surface area is 137 Å². The van der Waals surface area contributed by atoms with Gasteiger partial charge in [-0.3, -0.25) is 20.4 Å². The molecule has 0 unspecified atom stereocenters. The Hall–Kier alpha value is -2.04. The molecule has 0 aliphatic heterocycles. The number of amides is 2. The van der Waals surface area contributed by atoms with Crippen LogP contribution in [0.15, 0.2) is 18.2 Å². The fraction of sp³-hybridized carbons (Fsp3) is 0.556. The van der Waals surface area contributed by atoms with Gasteiger partial charge in [0, 0.05) is 6.42 Å². The number of ether oxygens (including phenoxy) is 1. The predicted molar refractivity (Wildman–Crippen MR) is 88.9 cm³/mol. The van der Waals surface area contributed by atoms with Gasteiger partial charge in [0.15, 0.2) is 6.61 Å². The van der Waals surface area contributed by atoms with Crippen LogP contribution in [0, 0.1) is 19.8 Å². The van der Waals surface area contributed by atoms with Crippen LogP contribution in [0.4, 0.5) is 0 Å². The van der Waals surface area contributed by atoms with Crippen molar-refractivity contribution in [3.05, 3.63) is 29.3 Å². The van der Waals surface area contributed by atoms with E-state index >= 15 is 0 Å². The van der Waals surface area contributed by atoms with Crippen molar-refractivity contribution < 1.29 is 14.3 Å². The smallest absolute Gasteiger partial charge is 0.276 e. The number of hydrazine groups is 1. The summed E-state index contributed by atoms with van der Waals surface area (Å²) in [6.07, 6.45) is 6.37. The second-order valence-electron chi connectivity index (χ2n) is 6.40. The monoisotopic (exact) mass is 318 g/mol. The quantitative estimate of drug-likeness (QED) is 0.793. The zero-order valence-corrected chi connectivity index (χ0v) is 14.0. The van der Waals surface area contributed by atoms with E-state index in [1.54, 1.807) is 0 Å². The van der Waals surface area contributed by atoms with Crippen molar-refractivity contribution in [1.82, 2.24) is 10.9 Å². The number of nitrogens with one attached hydrogen (secondary N) is 2. The molecule has 0 atom stereocenters. The third-order valence-corrected chi connectivity index (χ3v) is 4.16. The van der Waals surface area contributed by atoms with E-state index in [1.165, 1.54) is 25.7 Å². The molecule has 0 heterocycles. The summed E-state index contributed by atoms with van der Waals surface area (Å²) in [6.45, 7) is 3.83. The SMILES string of the molecule is Cc1cc(C)cc(OCC(=O)NNC(=O)CCC2CCCC2)c1. The molecule has 2 amide bonds. The summed E-state index contributed by atoms with van der Waals surface area (Å²) in [5.41, 5.74) is 7.01. The number of carbonyl (C=O) groups is 2. The van der Waals surface area contributed by atoms with Crippen molar-refractivity contribution in [1.29, 1.82) is 0 Å². The van der Waals surface area contributed by atoms with E-state index in [-0.39, 0.29) is 18.4 Å². The number of benzene rings is 1. The lowest BCUT2D eigenvalue weighted by atomic mass is 10.0. The Balaban J connectivity index is 1.63. The molecule has 2 N–H and O–H groups in total. The largest absolute Gasteiger partial charge is 0.484 e. The average molecular weight is 318 g/mol. The van der Waals surface area contributed by atoms with Gasteiger partial charge >= 0.3 is 0 Å². The first kappa shape index (κ1) is 17.3. The van der Waals surface area contributed by atoms with Gasteiger partial charge in [0.05, 0.1) is 0 Å². The Morgan fingerprint density at radius 3 is 2.30 bits per heavy atom. The lowest BCUT2D eigenvalue weighted by molar-refractivity contribution is -0.130. The van der Waals surface area contributed by atoms with E-state index < -0.39 is 0 Å². The maximum Gasteiger partial charge on any atom is 0.276 e. The normalized spacial score (nSPS) is 14.5. The molecule has 126 valence electrons. The zero-order chi connectivity index (χ0) is 16.7. The van der Waals surface area contributed by atoms with Crippen LogP contribution >= 0.6 is 0 Å². The molecule has 2 rings (SSSR count). The Bertz CT molecular complexity index is 531. The van der Waals surface area contributed by atoms with Crippen LogP contribution in [0.5, 0.6) is 5.75 Å². The standard InChI is InChI=1S/C18H26N2O3/c1-13-9-14(2)11-16(10-13)23-12-18(22)20-19-17(21)8-7-15-5-3-4-6-15/h9-11,15H,3-8,12H2,1-2H3,(H,19,21)(H,20,22). The molecule has 1 aromatic rings. The molecular formula is C18H26N2O3. The van der Waals surface area contributed by atoms with Gasteiger partial charge in [0.25, 0.3) is 5.91 Å². The average Bonchev–Trinajstić information content (AvgIpc) is 3.01. The molecule has 5 nitrogen and oxygen atoms in total. The summed E-state index contributed by atoms with van der Waals surface area (Å²) in [5, 5.41) is 0. The van der Waals surface area contributed by atoms with Crippen molar-refractivity contribution in [2.75, 3.05) is 6.61 Å². The highest BCUT2D eigenvalue weighted by Crippen LogP contribution is 2.28. The lowest BCUT2D eigenvalue weighted by Gasteiger charge is -2.11. The highest BCUT2D eigenvalue weighted by Gasteiger charge is 2.16. The van der Waals surface area contributed by atoms with Gasteiger partial charge in [-0.25, -0.2) is 0 Å². The van der Waals surface area contributed by atoms with E-state index in [9.17, 15) is 9.59 Å². The first-order valence-corrected chi connectivity index (χ1v) is 8.31. The van der Waals surface area contributed by atoms with Crippen molar-refractivity contribution >= 4 is 11.8 Å². The second-order valence-corrected chi connectivity index (χ2v) is 6.40. The highest BCUT2D eigenvalue weighted by molar-refractivity contribution is 5.82. The van der Waals surface area contributed by atoms with Crippen LogP contribution in [0.3, 0.4) is 0 Å². The van der Waals surface area contributed by atoms with Crippen LogP contribution < -0.4 is 15.6 Å². The summed E-state index contributed by atoms with van der Waals surface area (Å²) < 4.78 is 5.44. The summed E-state index contributed by atoms with van der Waals surface area (Å²) in [4.78, 5) is 23.4. The first-order chi connectivity index (χ1) is 11.0. The molecule has 1 fully saturated rings. The van der Waals surface area contributed by atoms with E-state index in [0.717, 1.165) is 17.5 Å². The third kappa shape index (κ3) is 6.30. The summed E-state index contributed by atoms with van der Waals surface area (Å²) in [7, 11) is 0. The minimum Gasteiger partial charge on any atom is -0.484 e. The molecule has 0 aromatic heterocycles. The van der Waals surface area contributed by atoms with Crippen molar-refractivity contribution in [3.63, 3.8) is 0 Å². The summed E-state index contributed by atoms with van der Waals surface area (Å²) >= 11 is 0. The maximum atomic E-state index is 11.7. The fourth-order valence-electron chi connectivity index (χ4n) is 3.04. The molecule has 0 bridgehead atoms. The van der Waals surface area contributed by atoms with E-state index in [1.807, 2.05) is 32.0 Å². The van der Waals surface area contributed by atoms with Crippen LogP contribution in [-0.4, -0.2) is 18.4 Å². The fourth-order valence-corrected chi connectivity index (χ4v) is 3.04. The third-order valence-electron chi connectivity index (χ3n) is 4.16. The summed E-state index contributed by atoms with van der Waals surface area (Å²) in [5.74, 6) is 0.824. The van der Waals surface area contributed by atoms with E-state index in [2.05, 4.69) is 10.9 Å². The Kier molecular flexibility index (Phi) is 6.44. The van der Waals surface area contributed by atoms with Crippen LogP contribution in [-0.2, 0) is 9.59 Å². The number of hydrogen-bond donors (Lipinski definition) is 2. The van der Waals surface area contributed by atoms with Crippen molar-refractivity contribution in [3.8, 4) is 5.75 Å². The molecule has 0 radical (unpaired) electrons. The number of carbonyl (C=O) groups excluding carboxylic acids is 2. The van der Waals surface area contributed by atoms with Crippen LogP contribution in [0.25, 0.3) is 0 Å². The van der Waals surface area contributed by atoms with Crippen molar-refractivity contribution in [2.24, 2.45) is 5.92 Å². The molecule has 1 aromatic carbocycles. The predicted octanol–water partition coefficient (Wildman–Crippen LogP) is 2.80. The molecule has 0 spiro atoms. The van der Waals surface area contributed by atoms with Gasteiger partial charge in [-0.05, 0) is 49.4 Å². The Morgan fingerprint density at radius 2 is 1.65 bits per heavy atom. The molecule has 23 heavy (non-hydrogen) atoms. The van der Waals surface area contributed by atoms with Crippen LogP contribution in [0.2, 0.25) is 0 Å². The first-order valence-electron chi connectivity index (χ1n) is 8.31. The lowest BCUT2D eigenvalue weighted by Crippen LogP contribution is -2.43. The molecule has 1 aliphatic rings. The van der Waals surface area contributed by atoms with Crippen LogP contribution in [0.1, 0.15) is 49.7 Å². The van der Waals surface area contributed by atoms with Crippen molar-refractivity contribution in [2.45, 2.75) is 52.4 Å². The number of aryl methyl sites for hydroxylation is 2. The van der Waals surface area contributed by atoms with E-state index in [4.69, 9.17) is 4.74 Å². The molecule has 5 heteroatoms. The highest BCUT2D eigenvalue weighted by atomic mass is 16.5. The van der Waals surface area contributed by atoms with Gasteiger partial charge in [-0.15, -0.1) is 0 Å². The molecule has 1 saturated carbocycles. The number of hydrogen-bond acceptors (Lipinski definition) is 3. The topological polar surface area (TPSA) is 67.4 Å². The van der Waals surface area contributed by atoms with Gasteiger partial charge in [0.2, 0.25) is 5.91 Å². The van der Waals surface area contributed by atoms with Gasteiger partial charge in [-0.2, -0.15) is 0 Å². The van der Waals surface area contributed by atoms with Gasteiger partial charge in [-0.1, -0.05) is 31.7 Å². The molecular weight excluding hydrogens is 292 g/mol. The Morgan fingerprint density at radius 1 is 1.04 bits per heavy atom.